The fourth-order valence-electron chi connectivity index (χ4n) is 3.45. The maximum atomic E-state index is 13.1. The van der Waals surface area contributed by atoms with Gasteiger partial charge in [0, 0.05) is 25.7 Å². The van der Waals surface area contributed by atoms with Crippen LogP contribution >= 0.6 is 11.3 Å². The number of sulfonamides is 1. The largest absolute Gasteiger partial charge is 0.573 e. The first kappa shape index (κ1) is 26.6. The predicted molar refractivity (Wildman–Crippen MR) is 113 cm³/mol. The van der Waals surface area contributed by atoms with Crippen molar-refractivity contribution in [2.75, 3.05) is 24.5 Å². The Morgan fingerprint density at radius 1 is 1.11 bits per heavy atom. The molecule has 0 aliphatic carbocycles. The number of halogens is 6. The molecule has 0 radical (unpaired) electrons. The van der Waals surface area contributed by atoms with E-state index in [0.29, 0.717) is 20.2 Å². The smallest absolute Gasteiger partial charge is 0.480 e. The summed E-state index contributed by atoms with van der Waals surface area (Å²) in [5.74, 6) is -2.25. The fourth-order valence-corrected chi connectivity index (χ4v) is 5.96. The number of benzene rings is 1. The van der Waals surface area contributed by atoms with Crippen molar-refractivity contribution in [1.82, 2.24) is 18.9 Å². The van der Waals surface area contributed by atoms with Gasteiger partial charge in [-0.05, 0) is 24.3 Å². The lowest BCUT2D eigenvalue weighted by Crippen LogP contribution is -2.58. The molecule has 3 aromatic rings. The van der Waals surface area contributed by atoms with Crippen LogP contribution in [0.15, 0.2) is 40.0 Å². The van der Waals surface area contributed by atoms with E-state index >= 15 is 0 Å². The third kappa shape index (κ3) is 5.47. The summed E-state index contributed by atoms with van der Waals surface area (Å²) in [4.78, 5) is 27.7. The van der Waals surface area contributed by atoms with Crippen molar-refractivity contribution in [2.24, 2.45) is 0 Å². The maximum absolute atomic E-state index is 13.1. The molecule has 1 fully saturated rings. The quantitative estimate of drug-likeness (QED) is 0.455. The first-order valence-corrected chi connectivity index (χ1v) is 12.2. The third-order valence-electron chi connectivity index (χ3n) is 5.08. The van der Waals surface area contributed by atoms with Crippen molar-refractivity contribution in [3.8, 4) is 5.75 Å². The molecule has 0 unspecified atom stereocenters. The van der Waals surface area contributed by atoms with Crippen LogP contribution in [0, 0.1) is 0 Å². The number of carbonyl (C=O) groups is 1. The van der Waals surface area contributed by atoms with E-state index < -0.39 is 74.5 Å². The molecule has 1 aromatic carbocycles. The second-order valence-electron chi connectivity index (χ2n) is 7.49. The van der Waals surface area contributed by atoms with Crippen LogP contribution in [0.2, 0.25) is 0 Å². The third-order valence-corrected chi connectivity index (χ3v) is 7.97. The minimum Gasteiger partial charge on any atom is -0.480 e. The number of carboxylic acids is 1. The Labute approximate surface area is 206 Å². The minimum absolute atomic E-state index is 0.0686. The highest BCUT2D eigenvalue weighted by Crippen LogP contribution is 2.31. The SMILES string of the molecule is O=C(O)[C@H]1CN(c2nn3c(=O)cc(C(F)(F)F)nc3s2)CCN1S(=O)(=O)c1ccc(OC(F)(F)F)cc1. The zero-order chi connectivity index (χ0) is 27.3. The van der Waals surface area contributed by atoms with E-state index in [2.05, 4.69) is 14.8 Å². The van der Waals surface area contributed by atoms with Crippen LogP contribution in [0.25, 0.3) is 4.96 Å². The van der Waals surface area contributed by atoms with Crippen LogP contribution in [0.1, 0.15) is 5.69 Å². The van der Waals surface area contributed by atoms with Crippen LogP contribution in [-0.2, 0) is 21.0 Å². The molecular weight excluding hydrogens is 560 g/mol. The standard InChI is InChI=1S/C18H13F6N5O6S2/c19-17(20,21)12-7-13(30)29-15(25-12)36-16(26-29)27-5-6-28(11(8-27)14(31)32)37(33,34)10-3-1-9(2-4-10)35-18(22,23)24/h1-4,7,11H,5-6,8H2,(H,31,32)/t11-/m1/s1. The normalized spacial score (nSPS) is 17.8. The van der Waals surface area contributed by atoms with Crippen molar-refractivity contribution in [3.63, 3.8) is 0 Å². The van der Waals surface area contributed by atoms with Crippen molar-refractivity contribution < 1.29 is 49.4 Å². The van der Waals surface area contributed by atoms with Gasteiger partial charge >= 0.3 is 18.5 Å². The molecule has 1 aliphatic heterocycles. The summed E-state index contributed by atoms with van der Waals surface area (Å²) < 4.78 is 107. The summed E-state index contributed by atoms with van der Waals surface area (Å²) in [5.41, 5.74) is -2.55. The number of ether oxygens (including phenoxy) is 1. The van der Waals surface area contributed by atoms with Gasteiger partial charge < -0.3 is 14.7 Å². The lowest BCUT2D eigenvalue weighted by Gasteiger charge is -2.38. The Bertz CT molecular complexity index is 1500. The lowest BCUT2D eigenvalue weighted by atomic mass is 10.2. The molecule has 200 valence electrons. The molecule has 0 spiro atoms. The predicted octanol–water partition coefficient (Wildman–Crippen LogP) is 2.03. The summed E-state index contributed by atoms with van der Waals surface area (Å²) in [6.07, 6.45) is -9.88. The highest BCUT2D eigenvalue weighted by Gasteiger charge is 2.41. The Hall–Kier alpha value is -3.45. The zero-order valence-corrected chi connectivity index (χ0v) is 19.5. The number of fused-ring (bicyclic) bond motifs is 1. The highest BCUT2D eigenvalue weighted by atomic mass is 32.2. The van der Waals surface area contributed by atoms with Crippen molar-refractivity contribution >= 4 is 37.4 Å². The second kappa shape index (κ2) is 9.14. The van der Waals surface area contributed by atoms with E-state index in [1.807, 2.05) is 0 Å². The number of nitrogens with zero attached hydrogens (tertiary/aromatic N) is 5. The van der Waals surface area contributed by atoms with Crippen LogP contribution in [0.5, 0.6) is 5.75 Å². The molecular formula is C18H13F6N5O6S2. The van der Waals surface area contributed by atoms with Crippen LogP contribution in [0.3, 0.4) is 0 Å². The van der Waals surface area contributed by atoms with Gasteiger partial charge in [-0.1, -0.05) is 11.3 Å². The maximum Gasteiger partial charge on any atom is 0.573 e. The number of aromatic nitrogens is 3. The summed E-state index contributed by atoms with van der Waals surface area (Å²) in [7, 11) is -4.50. The van der Waals surface area contributed by atoms with Gasteiger partial charge in [0.05, 0.1) is 4.90 Å². The van der Waals surface area contributed by atoms with Crippen molar-refractivity contribution in [1.29, 1.82) is 0 Å². The molecule has 0 amide bonds. The van der Waals surface area contributed by atoms with Gasteiger partial charge in [0.2, 0.25) is 20.1 Å². The number of piperazine rings is 1. The molecule has 2 aromatic heterocycles. The molecule has 1 N–H and O–H groups in total. The van der Waals surface area contributed by atoms with Gasteiger partial charge in [-0.3, -0.25) is 9.59 Å². The van der Waals surface area contributed by atoms with Crippen LogP contribution in [-0.4, -0.2) is 70.4 Å². The Kier molecular flexibility index (Phi) is 6.57. The molecule has 37 heavy (non-hydrogen) atoms. The average Bonchev–Trinajstić information content (AvgIpc) is 3.22. The van der Waals surface area contributed by atoms with Crippen molar-refractivity contribution in [3.05, 3.63) is 46.4 Å². The molecule has 11 nitrogen and oxygen atoms in total. The number of hydrogen-bond donors (Lipinski definition) is 1. The highest BCUT2D eigenvalue weighted by molar-refractivity contribution is 7.89. The number of aliphatic carboxylic acids is 1. The molecule has 1 aliphatic rings. The monoisotopic (exact) mass is 573 g/mol. The summed E-state index contributed by atoms with van der Waals surface area (Å²) >= 11 is 0.573. The topological polar surface area (TPSA) is 134 Å². The summed E-state index contributed by atoms with van der Waals surface area (Å²) in [6, 6.07) is 1.72. The van der Waals surface area contributed by atoms with E-state index in [-0.39, 0.29) is 17.7 Å². The zero-order valence-electron chi connectivity index (χ0n) is 17.9. The molecule has 4 rings (SSSR count). The van der Waals surface area contributed by atoms with Gasteiger partial charge in [-0.2, -0.15) is 22.0 Å². The molecule has 0 saturated carbocycles. The van der Waals surface area contributed by atoms with E-state index in [0.717, 1.165) is 24.3 Å². The average molecular weight is 573 g/mol. The second-order valence-corrected chi connectivity index (χ2v) is 10.3. The van der Waals surface area contributed by atoms with Gasteiger partial charge in [0.25, 0.3) is 5.56 Å². The van der Waals surface area contributed by atoms with Gasteiger partial charge in [0.15, 0.2) is 5.69 Å². The lowest BCUT2D eigenvalue weighted by molar-refractivity contribution is -0.274. The molecule has 19 heteroatoms. The number of carboxylic acid groups (broad SMARTS) is 1. The summed E-state index contributed by atoms with van der Waals surface area (Å²) in [5, 5.41) is 13.5. The van der Waals surface area contributed by atoms with Gasteiger partial charge in [-0.25, -0.2) is 13.4 Å². The number of alkyl halides is 6. The van der Waals surface area contributed by atoms with Gasteiger partial charge in [-0.15, -0.1) is 18.3 Å². The first-order valence-electron chi connectivity index (χ1n) is 9.90. The minimum atomic E-state index is -5.00. The molecule has 0 bridgehead atoms. The Morgan fingerprint density at radius 2 is 1.76 bits per heavy atom. The van der Waals surface area contributed by atoms with E-state index in [1.54, 1.807) is 0 Å². The molecule has 3 heterocycles. The van der Waals surface area contributed by atoms with Crippen LogP contribution in [0.4, 0.5) is 31.5 Å². The first-order chi connectivity index (χ1) is 17.1. The fraction of sp³-hybridized carbons (Fsp3) is 0.333. The number of anilines is 1. The molecule has 1 atom stereocenters. The van der Waals surface area contributed by atoms with Crippen molar-refractivity contribution in [2.45, 2.75) is 23.5 Å². The van der Waals surface area contributed by atoms with E-state index in [4.69, 9.17) is 0 Å². The van der Waals surface area contributed by atoms with Gasteiger partial charge in [0.1, 0.15) is 11.8 Å². The Balaban J connectivity index is 1.60. The summed E-state index contributed by atoms with van der Waals surface area (Å²) in [6.45, 7) is -1.09. The number of hydrogen-bond acceptors (Lipinski definition) is 9. The number of rotatable bonds is 5. The van der Waals surface area contributed by atoms with Crippen LogP contribution < -0.4 is 15.2 Å². The van der Waals surface area contributed by atoms with E-state index in [1.165, 1.54) is 4.90 Å². The van der Waals surface area contributed by atoms with E-state index in [9.17, 15) is 49.5 Å². The Morgan fingerprint density at radius 3 is 2.32 bits per heavy atom. The molecule has 1 saturated heterocycles.